The van der Waals surface area contributed by atoms with Gasteiger partial charge in [-0.2, -0.15) is 0 Å². The van der Waals surface area contributed by atoms with E-state index in [4.69, 9.17) is 17.3 Å². The second kappa shape index (κ2) is 5.86. The summed E-state index contributed by atoms with van der Waals surface area (Å²) in [7, 11) is 0. The van der Waals surface area contributed by atoms with Gasteiger partial charge in [-0.25, -0.2) is 9.97 Å². The summed E-state index contributed by atoms with van der Waals surface area (Å²) >= 11 is 6.17. The van der Waals surface area contributed by atoms with E-state index in [9.17, 15) is 0 Å². The van der Waals surface area contributed by atoms with E-state index < -0.39 is 0 Å². The van der Waals surface area contributed by atoms with Crippen molar-refractivity contribution < 1.29 is 0 Å². The number of para-hydroxylation sites is 2. The third kappa shape index (κ3) is 2.55. The minimum Gasteiger partial charge on any atom is -0.397 e. The van der Waals surface area contributed by atoms with E-state index >= 15 is 0 Å². The highest BCUT2D eigenvalue weighted by Crippen LogP contribution is 2.34. The first-order valence-corrected chi connectivity index (χ1v) is 7.71. The molecule has 0 bridgehead atoms. The molecule has 5 nitrogen and oxygen atoms in total. The largest absolute Gasteiger partial charge is 0.397 e. The number of halogens is 1. The number of fused-ring (bicyclic) bond motifs is 2. The maximum Gasteiger partial charge on any atom is 0.212 e. The van der Waals surface area contributed by atoms with E-state index in [1.807, 2.05) is 60.7 Å². The van der Waals surface area contributed by atoms with Gasteiger partial charge in [0, 0.05) is 5.39 Å². The molecular weight excluding hydrogens is 322 g/mol. The Morgan fingerprint density at radius 1 is 0.792 bits per heavy atom. The number of hydrogen-bond acceptors (Lipinski definition) is 5. The molecule has 2 N–H and O–H groups in total. The lowest BCUT2D eigenvalue weighted by atomic mass is 10.1. The van der Waals surface area contributed by atoms with Crippen LogP contribution < -0.4 is 5.73 Å². The van der Waals surface area contributed by atoms with Crippen LogP contribution in [-0.2, 0) is 0 Å². The molecule has 24 heavy (non-hydrogen) atoms. The van der Waals surface area contributed by atoms with Crippen LogP contribution in [0.5, 0.6) is 0 Å². The summed E-state index contributed by atoms with van der Waals surface area (Å²) in [6.07, 6.45) is 0. The fraction of sp³-hybridized carbons (Fsp3) is 0. The molecule has 1 heterocycles. The molecule has 4 rings (SSSR count). The Labute approximate surface area is 142 Å². The number of azo groups is 1. The van der Waals surface area contributed by atoms with Crippen molar-refractivity contribution in [1.82, 2.24) is 9.97 Å². The van der Waals surface area contributed by atoms with Gasteiger partial charge in [0.2, 0.25) is 5.82 Å². The van der Waals surface area contributed by atoms with Crippen LogP contribution in [0, 0.1) is 0 Å². The molecule has 0 aliphatic heterocycles. The summed E-state index contributed by atoms with van der Waals surface area (Å²) in [5, 5.41) is 10.6. The second-order valence-electron chi connectivity index (χ2n) is 5.25. The molecule has 0 unspecified atom stereocenters. The molecule has 1 aromatic heterocycles. The molecule has 0 amide bonds. The van der Waals surface area contributed by atoms with Crippen LogP contribution in [0.4, 0.5) is 17.2 Å². The maximum atomic E-state index is 6.17. The second-order valence-corrected chi connectivity index (χ2v) is 5.61. The molecule has 0 aliphatic carbocycles. The van der Waals surface area contributed by atoms with Crippen molar-refractivity contribution in [1.29, 1.82) is 0 Å². The number of aromatic nitrogens is 2. The standard InChI is InChI=1S/C18H12ClN5/c19-17-18(22-15-8-4-3-7-14(15)21-17)24-23-16-12-6-2-1-5-11(12)9-10-13(16)20/h1-10H,20H2. The first kappa shape index (κ1) is 14.5. The van der Waals surface area contributed by atoms with Gasteiger partial charge in [-0.3, -0.25) is 0 Å². The molecule has 0 spiro atoms. The van der Waals surface area contributed by atoms with Crippen molar-refractivity contribution in [3.63, 3.8) is 0 Å². The number of nitrogens with two attached hydrogens (primary N) is 1. The lowest BCUT2D eigenvalue weighted by Crippen LogP contribution is -1.87. The van der Waals surface area contributed by atoms with Gasteiger partial charge in [-0.05, 0) is 23.6 Å². The van der Waals surface area contributed by atoms with Crippen molar-refractivity contribution in [2.75, 3.05) is 5.73 Å². The van der Waals surface area contributed by atoms with Crippen LogP contribution in [0.1, 0.15) is 0 Å². The third-order valence-corrected chi connectivity index (χ3v) is 3.94. The SMILES string of the molecule is Nc1ccc2ccccc2c1N=Nc1nc2ccccc2nc1Cl. The van der Waals surface area contributed by atoms with Crippen LogP contribution in [0.25, 0.3) is 21.8 Å². The van der Waals surface area contributed by atoms with Gasteiger partial charge in [0.25, 0.3) is 0 Å². The number of nitrogen functional groups attached to an aromatic ring is 1. The fourth-order valence-electron chi connectivity index (χ4n) is 2.51. The number of hydrogen-bond donors (Lipinski definition) is 1. The Morgan fingerprint density at radius 3 is 2.33 bits per heavy atom. The summed E-state index contributed by atoms with van der Waals surface area (Å²) < 4.78 is 0. The Balaban J connectivity index is 1.84. The van der Waals surface area contributed by atoms with Crippen LogP contribution in [0.2, 0.25) is 5.15 Å². The van der Waals surface area contributed by atoms with Crippen LogP contribution in [0.15, 0.2) is 70.9 Å². The minimum absolute atomic E-state index is 0.205. The molecule has 0 radical (unpaired) electrons. The lowest BCUT2D eigenvalue weighted by Gasteiger charge is -2.05. The summed E-state index contributed by atoms with van der Waals surface area (Å²) in [6, 6.07) is 19.1. The van der Waals surface area contributed by atoms with E-state index in [2.05, 4.69) is 20.2 Å². The van der Waals surface area contributed by atoms with Gasteiger partial charge in [-0.15, -0.1) is 10.2 Å². The molecule has 6 heteroatoms. The van der Waals surface area contributed by atoms with Crippen molar-refractivity contribution >= 4 is 50.6 Å². The van der Waals surface area contributed by atoms with Crippen molar-refractivity contribution in [3.8, 4) is 0 Å². The maximum absolute atomic E-state index is 6.17. The summed E-state index contributed by atoms with van der Waals surface area (Å²) in [5.41, 5.74) is 8.62. The monoisotopic (exact) mass is 333 g/mol. The highest BCUT2D eigenvalue weighted by Gasteiger charge is 2.08. The summed E-state index contributed by atoms with van der Waals surface area (Å²) in [6.45, 7) is 0. The first-order valence-electron chi connectivity index (χ1n) is 7.33. The Kier molecular flexibility index (Phi) is 3.55. The zero-order valence-electron chi connectivity index (χ0n) is 12.5. The molecule has 0 aliphatic rings. The van der Waals surface area contributed by atoms with Gasteiger partial charge in [0.1, 0.15) is 5.69 Å². The molecule has 116 valence electrons. The van der Waals surface area contributed by atoms with Crippen molar-refractivity contribution in [2.24, 2.45) is 10.2 Å². The third-order valence-electron chi connectivity index (χ3n) is 3.69. The van der Waals surface area contributed by atoms with Crippen molar-refractivity contribution in [3.05, 3.63) is 65.8 Å². The molecule has 4 aromatic rings. The highest BCUT2D eigenvalue weighted by molar-refractivity contribution is 6.31. The Hall–Kier alpha value is -3.05. The Morgan fingerprint density at radius 2 is 1.50 bits per heavy atom. The number of benzene rings is 3. The lowest BCUT2D eigenvalue weighted by molar-refractivity contribution is 1.15. The van der Waals surface area contributed by atoms with E-state index in [0.29, 0.717) is 22.4 Å². The zero-order valence-corrected chi connectivity index (χ0v) is 13.3. The number of nitrogens with zero attached hydrogens (tertiary/aromatic N) is 4. The van der Waals surface area contributed by atoms with Crippen molar-refractivity contribution in [2.45, 2.75) is 0 Å². The summed E-state index contributed by atoms with van der Waals surface area (Å²) in [5.74, 6) is 0.266. The van der Waals surface area contributed by atoms with E-state index in [1.165, 1.54) is 0 Å². The van der Waals surface area contributed by atoms with Gasteiger partial charge in [0.05, 0.1) is 16.7 Å². The average Bonchev–Trinajstić information content (AvgIpc) is 2.61. The van der Waals surface area contributed by atoms with Crippen LogP contribution in [0.3, 0.4) is 0 Å². The topological polar surface area (TPSA) is 76.5 Å². The Bertz CT molecular complexity index is 1090. The fourth-order valence-corrected chi connectivity index (χ4v) is 2.68. The smallest absolute Gasteiger partial charge is 0.212 e. The van der Waals surface area contributed by atoms with E-state index in [0.717, 1.165) is 10.8 Å². The summed E-state index contributed by atoms with van der Waals surface area (Å²) in [4.78, 5) is 8.69. The van der Waals surface area contributed by atoms with Crippen LogP contribution in [-0.4, -0.2) is 9.97 Å². The predicted molar refractivity (Wildman–Crippen MR) is 97.1 cm³/mol. The van der Waals surface area contributed by atoms with Crippen LogP contribution >= 0.6 is 11.6 Å². The molecule has 0 saturated heterocycles. The quantitative estimate of drug-likeness (QED) is 0.392. The number of rotatable bonds is 2. The highest BCUT2D eigenvalue weighted by atomic mass is 35.5. The molecule has 3 aromatic carbocycles. The number of anilines is 1. The van der Waals surface area contributed by atoms with Gasteiger partial charge in [-0.1, -0.05) is 54.1 Å². The van der Waals surface area contributed by atoms with Gasteiger partial charge >= 0.3 is 0 Å². The molecule has 0 atom stereocenters. The van der Waals surface area contributed by atoms with Gasteiger partial charge < -0.3 is 5.73 Å². The normalized spacial score (nSPS) is 11.5. The minimum atomic E-state index is 0.205. The van der Waals surface area contributed by atoms with E-state index in [1.54, 1.807) is 0 Å². The zero-order chi connectivity index (χ0) is 16.5. The first-order chi connectivity index (χ1) is 11.7. The van der Waals surface area contributed by atoms with Gasteiger partial charge in [0.15, 0.2) is 5.15 Å². The van der Waals surface area contributed by atoms with E-state index in [-0.39, 0.29) is 11.0 Å². The average molecular weight is 334 g/mol. The molecular formula is C18H12ClN5. The molecule has 0 saturated carbocycles. The molecule has 0 fully saturated rings. The predicted octanol–water partition coefficient (Wildman–Crippen LogP) is 5.43.